The van der Waals surface area contributed by atoms with Gasteiger partial charge in [0, 0.05) is 30.2 Å². The Balaban J connectivity index is 1.82. The molecule has 0 saturated heterocycles. The SMILES string of the molecule is CC(=O)Nc1nc(C)c(-c2cc3c(c(S(=O)(=O)Cl)c2)C(=O)N([C@@H](C)C2CC2)C3)s1. The Labute approximate surface area is 177 Å². The molecule has 2 aliphatic rings. The third-order valence-corrected chi connectivity index (χ3v) is 7.87. The van der Waals surface area contributed by atoms with Gasteiger partial charge >= 0.3 is 0 Å². The number of anilines is 1. The molecule has 0 radical (unpaired) electrons. The lowest BCUT2D eigenvalue weighted by Crippen LogP contribution is -2.34. The predicted octanol–water partition coefficient (Wildman–Crippen LogP) is 3.76. The lowest BCUT2D eigenvalue weighted by Gasteiger charge is -2.24. The van der Waals surface area contributed by atoms with Gasteiger partial charge in [-0.15, -0.1) is 0 Å². The number of amides is 2. The van der Waals surface area contributed by atoms with E-state index >= 15 is 0 Å². The lowest BCUT2D eigenvalue weighted by molar-refractivity contribution is -0.114. The normalized spacial score (nSPS) is 17.4. The van der Waals surface area contributed by atoms with Crippen LogP contribution in [-0.2, 0) is 20.4 Å². The Bertz CT molecular complexity index is 1140. The average Bonchev–Trinajstić information content (AvgIpc) is 3.33. The van der Waals surface area contributed by atoms with Gasteiger partial charge in [-0.3, -0.25) is 9.59 Å². The molecule has 1 aliphatic carbocycles. The second-order valence-corrected chi connectivity index (χ2v) is 11.1. The first-order valence-electron chi connectivity index (χ1n) is 9.24. The molecule has 7 nitrogen and oxygen atoms in total. The average molecular weight is 454 g/mol. The van der Waals surface area contributed by atoms with Gasteiger partial charge in [0.05, 0.1) is 21.0 Å². The summed E-state index contributed by atoms with van der Waals surface area (Å²) in [5.74, 6) is -0.0588. The fourth-order valence-corrected chi connectivity index (χ4v) is 5.89. The first-order valence-corrected chi connectivity index (χ1v) is 12.4. The van der Waals surface area contributed by atoms with E-state index in [0.717, 1.165) is 17.7 Å². The number of hydrogen-bond donors (Lipinski definition) is 1. The van der Waals surface area contributed by atoms with Crippen molar-refractivity contribution in [2.24, 2.45) is 5.92 Å². The van der Waals surface area contributed by atoms with Crippen LogP contribution in [0.15, 0.2) is 17.0 Å². The number of benzene rings is 1. The van der Waals surface area contributed by atoms with Crippen molar-refractivity contribution < 1.29 is 18.0 Å². The summed E-state index contributed by atoms with van der Waals surface area (Å²) in [7, 11) is 1.58. The Morgan fingerprint density at radius 1 is 1.38 bits per heavy atom. The smallest absolute Gasteiger partial charge is 0.262 e. The van der Waals surface area contributed by atoms with Crippen LogP contribution < -0.4 is 5.32 Å². The highest BCUT2D eigenvalue weighted by molar-refractivity contribution is 8.13. The topological polar surface area (TPSA) is 96.4 Å². The summed E-state index contributed by atoms with van der Waals surface area (Å²) in [6, 6.07) is 3.32. The van der Waals surface area contributed by atoms with Gasteiger partial charge in [0.25, 0.3) is 15.0 Å². The fourth-order valence-electron chi connectivity index (χ4n) is 3.79. The van der Waals surface area contributed by atoms with Gasteiger partial charge < -0.3 is 10.2 Å². The van der Waals surface area contributed by atoms with Crippen LogP contribution in [0.5, 0.6) is 0 Å². The minimum absolute atomic E-state index is 0.0562. The van der Waals surface area contributed by atoms with E-state index in [1.807, 2.05) is 13.0 Å². The van der Waals surface area contributed by atoms with Gasteiger partial charge in [-0.2, -0.15) is 0 Å². The first-order chi connectivity index (χ1) is 13.6. The molecule has 154 valence electrons. The summed E-state index contributed by atoms with van der Waals surface area (Å²) < 4.78 is 24.6. The highest BCUT2D eigenvalue weighted by Gasteiger charge is 2.41. The number of nitrogens with zero attached hydrogens (tertiary/aromatic N) is 2. The molecule has 0 unspecified atom stereocenters. The second-order valence-electron chi connectivity index (χ2n) is 7.57. The molecular formula is C19H20ClN3O4S2. The minimum atomic E-state index is -4.13. The van der Waals surface area contributed by atoms with Crippen LogP contribution in [0.4, 0.5) is 5.13 Å². The monoisotopic (exact) mass is 453 g/mol. The van der Waals surface area contributed by atoms with Crippen LogP contribution in [-0.4, -0.2) is 36.2 Å². The maximum Gasteiger partial charge on any atom is 0.262 e. The number of hydrogen-bond acceptors (Lipinski definition) is 6. The van der Waals surface area contributed by atoms with E-state index in [0.29, 0.717) is 34.4 Å². The molecule has 1 aromatic carbocycles. The van der Waals surface area contributed by atoms with Crippen LogP contribution in [0.1, 0.15) is 48.3 Å². The number of carbonyl (C=O) groups is 2. The van der Waals surface area contributed by atoms with Crippen LogP contribution in [0.3, 0.4) is 0 Å². The maximum atomic E-state index is 13.0. The molecule has 2 amide bonds. The highest BCUT2D eigenvalue weighted by atomic mass is 35.7. The summed E-state index contributed by atoms with van der Waals surface area (Å²) in [4.78, 5) is 31.0. The molecule has 1 atom stereocenters. The molecule has 2 heterocycles. The number of aryl methyl sites for hydroxylation is 1. The van der Waals surface area contributed by atoms with Gasteiger partial charge in [0.15, 0.2) is 5.13 Å². The van der Waals surface area contributed by atoms with Crippen LogP contribution >= 0.6 is 22.0 Å². The molecule has 4 rings (SSSR count). The van der Waals surface area contributed by atoms with Gasteiger partial charge in [-0.25, -0.2) is 13.4 Å². The van der Waals surface area contributed by atoms with E-state index in [-0.39, 0.29) is 28.3 Å². The van der Waals surface area contributed by atoms with Crippen molar-refractivity contribution in [2.75, 3.05) is 5.32 Å². The summed E-state index contributed by atoms with van der Waals surface area (Å²) >= 11 is 1.25. The highest BCUT2D eigenvalue weighted by Crippen LogP contribution is 2.42. The van der Waals surface area contributed by atoms with Crippen molar-refractivity contribution in [3.8, 4) is 10.4 Å². The molecule has 1 N–H and O–H groups in total. The summed E-state index contributed by atoms with van der Waals surface area (Å²) in [5.41, 5.74) is 2.08. The summed E-state index contributed by atoms with van der Waals surface area (Å²) in [5, 5.41) is 3.07. The Kier molecular flexibility index (Phi) is 4.95. The van der Waals surface area contributed by atoms with Crippen LogP contribution in [0.25, 0.3) is 10.4 Å². The van der Waals surface area contributed by atoms with E-state index < -0.39 is 9.05 Å². The molecule has 10 heteroatoms. The largest absolute Gasteiger partial charge is 0.331 e. The zero-order valence-corrected chi connectivity index (χ0v) is 18.5. The standard InChI is InChI=1S/C19H20ClN3O4S2/c1-9-17(28-19(21-9)22-11(3)24)13-6-14-8-23(10(2)12-4-5-12)18(25)16(14)15(7-13)29(20,26)27/h6-7,10,12H,4-5,8H2,1-3H3,(H,21,22,24)/t10-/m0/s1. The molecule has 0 bridgehead atoms. The molecule has 0 spiro atoms. The Morgan fingerprint density at radius 3 is 2.66 bits per heavy atom. The number of rotatable bonds is 5. The molecule has 1 fully saturated rings. The van der Waals surface area contributed by atoms with Crippen LogP contribution in [0.2, 0.25) is 0 Å². The van der Waals surface area contributed by atoms with Crippen molar-refractivity contribution in [3.63, 3.8) is 0 Å². The van der Waals surface area contributed by atoms with E-state index in [9.17, 15) is 18.0 Å². The minimum Gasteiger partial charge on any atom is -0.331 e. The van der Waals surface area contributed by atoms with E-state index in [2.05, 4.69) is 10.3 Å². The zero-order valence-electron chi connectivity index (χ0n) is 16.2. The zero-order chi connectivity index (χ0) is 21.1. The van der Waals surface area contributed by atoms with Crippen molar-refractivity contribution in [2.45, 2.75) is 51.1 Å². The molecule has 1 aliphatic heterocycles. The second kappa shape index (κ2) is 7.07. The maximum absolute atomic E-state index is 13.0. The number of halogens is 1. The Hall–Kier alpha value is -1.97. The van der Waals surface area contributed by atoms with E-state index in [4.69, 9.17) is 10.7 Å². The van der Waals surface area contributed by atoms with Crippen LogP contribution in [0, 0.1) is 12.8 Å². The van der Waals surface area contributed by atoms with Crippen molar-refractivity contribution in [1.82, 2.24) is 9.88 Å². The molecular weight excluding hydrogens is 434 g/mol. The van der Waals surface area contributed by atoms with Crippen molar-refractivity contribution in [1.29, 1.82) is 0 Å². The van der Waals surface area contributed by atoms with Crippen molar-refractivity contribution in [3.05, 3.63) is 29.0 Å². The molecule has 1 saturated carbocycles. The molecule has 2 aromatic rings. The van der Waals surface area contributed by atoms with E-state index in [1.54, 1.807) is 11.8 Å². The van der Waals surface area contributed by atoms with Crippen molar-refractivity contribution >= 4 is 48.0 Å². The molecule has 29 heavy (non-hydrogen) atoms. The fraction of sp³-hybridized carbons (Fsp3) is 0.421. The van der Waals surface area contributed by atoms with E-state index in [1.165, 1.54) is 24.3 Å². The third kappa shape index (κ3) is 3.78. The molecule has 1 aromatic heterocycles. The summed E-state index contributed by atoms with van der Waals surface area (Å²) in [6.07, 6.45) is 2.17. The van der Waals surface area contributed by atoms with Gasteiger partial charge in [-0.05, 0) is 55.9 Å². The van der Waals surface area contributed by atoms with Gasteiger partial charge in [-0.1, -0.05) is 11.3 Å². The number of thiazole rings is 1. The summed E-state index contributed by atoms with van der Waals surface area (Å²) in [6.45, 7) is 5.54. The van der Waals surface area contributed by atoms with Gasteiger partial charge in [0.1, 0.15) is 0 Å². The third-order valence-electron chi connectivity index (χ3n) is 5.40. The number of nitrogens with one attached hydrogen (secondary N) is 1. The predicted molar refractivity (Wildman–Crippen MR) is 112 cm³/mol. The number of fused-ring (bicyclic) bond motifs is 1. The lowest BCUT2D eigenvalue weighted by atomic mass is 10.0. The van der Waals surface area contributed by atoms with Gasteiger partial charge in [0.2, 0.25) is 5.91 Å². The Morgan fingerprint density at radius 2 is 2.07 bits per heavy atom. The first kappa shape index (κ1) is 20.3. The number of aromatic nitrogens is 1. The quantitative estimate of drug-likeness (QED) is 0.695. The number of carbonyl (C=O) groups excluding carboxylic acids is 2.